The molecule has 0 spiro atoms. The predicted octanol–water partition coefficient (Wildman–Crippen LogP) is 0.180. The zero-order valence-electron chi connectivity index (χ0n) is 7.70. The van der Waals surface area contributed by atoms with Gasteiger partial charge in [-0.25, -0.2) is 9.63 Å². The third-order valence-corrected chi connectivity index (χ3v) is 2.20. The number of nitrogens with zero attached hydrogens (tertiary/aromatic N) is 2. The van der Waals surface area contributed by atoms with Crippen molar-refractivity contribution in [2.75, 3.05) is 26.2 Å². The molecule has 0 aromatic carbocycles. The maximum absolute atomic E-state index is 11.4. The van der Waals surface area contributed by atoms with E-state index in [9.17, 15) is 9.59 Å². The lowest BCUT2D eigenvalue weighted by Gasteiger charge is -2.33. The maximum Gasteiger partial charge on any atom is 0.332 e. The van der Waals surface area contributed by atoms with Gasteiger partial charge in [0.25, 0.3) is 0 Å². The smallest absolute Gasteiger partial charge is 0.332 e. The van der Waals surface area contributed by atoms with Crippen molar-refractivity contribution >= 4 is 23.7 Å². The van der Waals surface area contributed by atoms with E-state index >= 15 is 0 Å². The van der Waals surface area contributed by atoms with Gasteiger partial charge in [0.05, 0.1) is 0 Å². The molecule has 0 aromatic heterocycles. The van der Waals surface area contributed by atoms with Gasteiger partial charge in [-0.2, -0.15) is 0 Å². The molecule has 1 fully saturated rings. The number of urea groups is 1. The number of piperazine rings is 1. The fraction of sp³-hybridized carbons (Fsp3) is 0.500. The van der Waals surface area contributed by atoms with Gasteiger partial charge in [0.15, 0.2) is 0 Å². The molecule has 0 saturated carbocycles. The Kier molecular flexibility index (Phi) is 3.76. The highest BCUT2D eigenvalue weighted by molar-refractivity contribution is 6.21. The van der Waals surface area contributed by atoms with Crippen LogP contribution in [0.15, 0.2) is 12.7 Å². The summed E-state index contributed by atoms with van der Waals surface area (Å²) in [6, 6.07) is -0.432. The lowest BCUT2D eigenvalue weighted by Crippen LogP contribution is -2.53. The van der Waals surface area contributed by atoms with Crippen LogP contribution in [0.4, 0.5) is 4.79 Å². The molecule has 0 unspecified atom stereocenters. The Morgan fingerprint density at radius 2 is 2.36 bits per heavy atom. The van der Waals surface area contributed by atoms with E-state index in [1.54, 1.807) is 11.0 Å². The number of carbonyl (C=O) groups is 2. The average molecular weight is 218 g/mol. The summed E-state index contributed by atoms with van der Waals surface area (Å²) >= 11 is 5.15. The molecule has 0 aromatic rings. The van der Waals surface area contributed by atoms with Crippen molar-refractivity contribution in [3.63, 3.8) is 0 Å². The Labute approximate surface area is 87.4 Å². The fourth-order valence-corrected chi connectivity index (χ4v) is 1.41. The third kappa shape index (κ3) is 2.38. The Morgan fingerprint density at radius 1 is 1.64 bits per heavy atom. The summed E-state index contributed by atoms with van der Waals surface area (Å²) in [6.07, 6.45) is 1.66. The van der Waals surface area contributed by atoms with Gasteiger partial charge in [0.2, 0.25) is 5.91 Å². The summed E-state index contributed by atoms with van der Waals surface area (Å²) in [5.74, 6) is -0.0867. The molecule has 0 aliphatic carbocycles. The van der Waals surface area contributed by atoms with Crippen LogP contribution in [0, 0.1) is 0 Å². The van der Waals surface area contributed by atoms with Gasteiger partial charge >= 0.3 is 6.03 Å². The number of hydrogen-bond acceptors (Lipinski definition) is 2. The van der Waals surface area contributed by atoms with Crippen LogP contribution in [-0.2, 0) is 4.79 Å². The topological polar surface area (TPSA) is 52.6 Å². The first-order chi connectivity index (χ1) is 6.69. The summed E-state index contributed by atoms with van der Waals surface area (Å²) < 4.78 is 0. The van der Waals surface area contributed by atoms with Crippen molar-refractivity contribution < 1.29 is 9.59 Å². The summed E-state index contributed by atoms with van der Waals surface area (Å²) in [7, 11) is 0. The van der Waals surface area contributed by atoms with Gasteiger partial charge in [-0.3, -0.25) is 4.79 Å². The first-order valence-electron chi connectivity index (χ1n) is 4.23. The van der Waals surface area contributed by atoms with Crippen LogP contribution < -0.4 is 4.84 Å². The highest BCUT2D eigenvalue weighted by Crippen LogP contribution is 2.03. The fourth-order valence-electron chi connectivity index (χ4n) is 1.29. The van der Waals surface area contributed by atoms with E-state index in [2.05, 4.69) is 6.58 Å². The number of amides is 3. The van der Waals surface area contributed by atoms with Crippen molar-refractivity contribution in [2.45, 2.75) is 0 Å². The van der Waals surface area contributed by atoms with Crippen molar-refractivity contribution in [1.29, 1.82) is 0 Å². The molecular weight excluding hydrogens is 206 g/mol. The first-order valence-corrected chi connectivity index (χ1v) is 4.61. The number of nitrogens with one attached hydrogen (secondary N) is 1. The van der Waals surface area contributed by atoms with Gasteiger partial charge in [-0.05, 0) is 0 Å². The van der Waals surface area contributed by atoms with Gasteiger partial charge in [0, 0.05) is 31.4 Å². The average Bonchev–Trinajstić information content (AvgIpc) is 2.20. The lowest BCUT2D eigenvalue weighted by atomic mass is 10.3. The van der Waals surface area contributed by atoms with E-state index in [0.29, 0.717) is 19.6 Å². The minimum atomic E-state index is -0.432. The molecule has 5 nitrogen and oxygen atoms in total. The number of halogens is 1. The zero-order chi connectivity index (χ0) is 10.6. The minimum absolute atomic E-state index is 0.0758. The van der Waals surface area contributed by atoms with Crippen molar-refractivity contribution in [3.05, 3.63) is 12.7 Å². The highest BCUT2D eigenvalue weighted by Gasteiger charge is 2.25. The van der Waals surface area contributed by atoms with Crippen LogP contribution in [0.25, 0.3) is 0 Å². The Bertz CT molecular complexity index is 257. The number of rotatable bonds is 2. The zero-order valence-corrected chi connectivity index (χ0v) is 8.46. The van der Waals surface area contributed by atoms with Gasteiger partial charge in [0.1, 0.15) is 6.54 Å². The van der Waals surface area contributed by atoms with Crippen LogP contribution in [0.2, 0.25) is 0 Å². The molecule has 1 rings (SSSR count). The van der Waals surface area contributed by atoms with Crippen LogP contribution in [0.1, 0.15) is 0 Å². The van der Waals surface area contributed by atoms with E-state index in [1.807, 2.05) is 4.84 Å². The van der Waals surface area contributed by atoms with Gasteiger partial charge in [-0.1, -0.05) is 6.08 Å². The molecule has 3 amide bonds. The summed E-state index contributed by atoms with van der Waals surface area (Å²) in [5.41, 5.74) is 0. The van der Waals surface area contributed by atoms with Crippen molar-refractivity contribution in [3.8, 4) is 0 Å². The number of carbonyl (C=O) groups excluding carboxylic acids is 2. The van der Waals surface area contributed by atoms with Crippen molar-refractivity contribution in [2.24, 2.45) is 0 Å². The molecule has 6 heteroatoms. The quantitative estimate of drug-likeness (QED) is 0.530. The van der Waals surface area contributed by atoms with Gasteiger partial charge < -0.3 is 9.80 Å². The Hall–Kier alpha value is -1.23. The normalized spacial score (nSPS) is 16.8. The summed E-state index contributed by atoms with van der Waals surface area (Å²) in [4.78, 5) is 27.5. The van der Waals surface area contributed by atoms with Crippen LogP contribution >= 0.6 is 11.8 Å². The Morgan fingerprint density at radius 3 is 2.86 bits per heavy atom. The molecule has 78 valence electrons. The lowest BCUT2D eigenvalue weighted by molar-refractivity contribution is -0.134. The summed E-state index contributed by atoms with van der Waals surface area (Å²) in [5, 5.41) is 0. The molecule has 1 heterocycles. The van der Waals surface area contributed by atoms with Crippen LogP contribution in [0.5, 0.6) is 0 Å². The maximum atomic E-state index is 11.4. The van der Waals surface area contributed by atoms with Crippen LogP contribution in [-0.4, -0.2) is 47.9 Å². The number of hydrogen-bond donors (Lipinski definition) is 1. The third-order valence-electron chi connectivity index (χ3n) is 2.04. The highest BCUT2D eigenvalue weighted by atomic mass is 35.5. The predicted molar refractivity (Wildman–Crippen MR) is 52.7 cm³/mol. The molecule has 1 N–H and O–H groups in total. The second-order valence-electron chi connectivity index (χ2n) is 2.95. The molecule has 0 atom stereocenters. The minimum Gasteiger partial charge on any atom is -0.336 e. The standard InChI is InChI=1S/C8H12ClN3O2/c1-2-3-11-4-5-12(6-7(11)13)8(14)10-9/h2H,1,3-6H2,(H,10,14). The van der Waals surface area contributed by atoms with E-state index in [1.165, 1.54) is 4.90 Å². The van der Waals surface area contributed by atoms with E-state index in [0.717, 1.165) is 0 Å². The van der Waals surface area contributed by atoms with E-state index in [4.69, 9.17) is 11.8 Å². The SMILES string of the molecule is C=CCN1CCN(C(=O)NCl)CC1=O. The molecular formula is C8H12ClN3O2. The molecule has 1 aliphatic heterocycles. The Balaban J connectivity index is 2.50. The molecule has 0 bridgehead atoms. The monoisotopic (exact) mass is 217 g/mol. The van der Waals surface area contributed by atoms with E-state index in [-0.39, 0.29) is 12.5 Å². The second-order valence-corrected chi connectivity index (χ2v) is 3.14. The van der Waals surface area contributed by atoms with Gasteiger partial charge in [-0.15, -0.1) is 6.58 Å². The molecule has 14 heavy (non-hydrogen) atoms. The molecule has 1 aliphatic rings. The second kappa shape index (κ2) is 4.85. The van der Waals surface area contributed by atoms with E-state index < -0.39 is 6.03 Å². The largest absolute Gasteiger partial charge is 0.336 e. The molecule has 0 radical (unpaired) electrons. The summed E-state index contributed by atoms with van der Waals surface area (Å²) in [6.45, 7) is 5.17. The van der Waals surface area contributed by atoms with Crippen molar-refractivity contribution in [1.82, 2.24) is 14.6 Å². The van der Waals surface area contributed by atoms with Crippen LogP contribution in [0.3, 0.4) is 0 Å². The first kappa shape index (κ1) is 10.8. The molecule has 1 saturated heterocycles.